The minimum absolute atomic E-state index is 0.00120. The van der Waals surface area contributed by atoms with Crippen molar-refractivity contribution in [2.75, 3.05) is 13.1 Å². The lowest BCUT2D eigenvalue weighted by molar-refractivity contribution is 0.0934. The SMILES string of the molecule is Cc1cccc(C(=O)NCC(C)(C)CCN)c1C. The van der Waals surface area contributed by atoms with Crippen molar-refractivity contribution in [3.63, 3.8) is 0 Å². The highest BCUT2D eigenvalue weighted by molar-refractivity contribution is 5.95. The predicted octanol–water partition coefficient (Wildman–Crippen LogP) is 2.41. The number of amides is 1. The van der Waals surface area contributed by atoms with Crippen molar-refractivity contribution in [2.24, 2.45) is 11.1 Å². The Hall–Kier alpha value is -1.35. The molecule has 0 aliphatic carbocycles. The monoisotopic (exact) mass is 248 g/mol. The molecule has 0 saturated heterocycles. The number of nitrogens with two attached hydrogens (primary N) is 1. The van der Waals surface area contributed by atoms with Gasteiger partial charge in [-0.15, -0.1) is 0 Å². The highest BCUT2D eigenvalue weighted by atomic mass is 16.1. The van der Waals surface area contributed by atoms with Crippen LogP contribution < -0.4 is 11.1 Å². The molecule has 0 radical (unpaired) electrons. The molecule has 1 rings (SSSR count). The van der Waals surface area contributed by atoms with E-state index in [1.807, 2.05) is 32.0 Å². The van der Waals surface area contributed by atoms with E-state index in [9.17, 15) is 4.79 Å². The molecule has 100 valence electrons. The number of benzene rings is 1. The van der Waals surface area contributed by atoms with Gasteiger partial charge in [-0.05, 0) is 49.4 Å². The van der Waals surface area contributed by atoms with E-state index in [0.717, 1.165) is 23.1 Å². The summed E-state index contributed by atoms with van der Waals surface area (Å²) < 4.78 is 0. The van der Waals surface area contributed by atoms with Gasteiger partial charge in [0.15, 0.2) is 0 Å². The maximum absolute atomic E-state index is 12.1. The second kappa shape index (κ2) is 6.01. The van der Waals surface area contributed by atoms with Crippen molar-refractivity contribution in [3.8, 4) is 0 Å². The Morgan fingerprint density at radius 1 is 1.33 bits per heavy atom. The lowest BCUT2D eigenvalue weighted by Gasteiger charge is -2.24. The zero-order valence-corrected chi connectivity index (χ0v) is 11.8. The molecular weight excluding hydrogens is 224 g/mol. The van der Waals surface area contributed by atoms with Gasteiger partial charge in [-0.1, -0.05) is 26.0 Å². The van der Waals surface area contributed by atoms with E-state index in [2.05, 4.69) is 19.2 Å². The molecule has 1 amide bonds. The first kappa shape index (κ1) is 14.7. The summed E-state index contributed by atoms with van der Waals surface area (Å²) >= 11 is 0. The van der Waals surface area contributed by atoms with E-state index in [4.69, 9.17) is 5.73 Å². The van der Waals surface area contributed by atoms with E-state index in [-0.39, 0.29) is 11.3 Å². The third kappa shape index (κ3) is 3.84. The van der Waals surface area contributed by atoms with Crippen LogP contribution in [0.4, 0.5) is 0 Å². The summed E-state index contributed by atoms with van der Waals surface area (Å²) in [6.45, 7) is 9.52. The largest absolute Gasteiger partial charge is 0.351 e. The topological polar surface area (TPSA) is 55.1 Å². The van der Waals surface area contributed by atoms with Gasteiger partial charge in [-0.25, -0.2) is 0 Å². The molecule has 1 aromatic carbocycles. The number of nitrogens with one attached hydrogen (secondary N) is 1. The molecule has 3 N–H and O–H groups in total. The fourth-order valence-corrected chi connectivity index (χ4v) is 1.89. The Labute approximate surface area is 110 Å². The van der Waals surface area contributed by atoms with Crippen molar-refractivity contribution in [2.45, 2.75) is 34.1 Å². The Morgan fingerprint density at radius 2 is 2.00 bits per heavy atom. The van der Waals surface area contributed by atoms with Gasteiger partial charge >= 0.3 is 0 Å². The number of carbonyl (C=O) groups excluding carboxylic acids is 1. The molecule has 0 saturated carbocycles. The normalized spacial score (nSPS) is 11.4. The van der Waals surface area contributed by atoms with Crippen LogP contribution in [0.1, 0.15) is 41.8 Å². The Morgan fingerprint density at radius 3 is 2.61 bits per heavy atom. The van der Waals surface area contributed by atoms with Gasteiger partial charge < -0.3 is 11.1 Å². The number of hydrogen-bond donors (Lipinski definition) is 2. The Balaban J connectivity index is 2.69. The summed E-state index contributed by atoms with van der Waals surface area (Å²) in [4.78, 5) is 12.1. The van der Waals surface area contributed by atoms with Crippen molar-refractivity contribution in [3.05, 3.63) is 34.9 Å². The highest BCUT2D eigenvalue weighted by Gasteiger charge is 2.19. The Bertz CT molecular complexity index is 425. The zero-order valence-electron chi connectivity index (χ0n) is 11.8. The van der Waals surface area contributed by atoms with Crippen LogP contribution in [0, 0.1) is 19.3 Å². The van der Waals surface area contributed by atoms with E-state index < -0.39 is 0 Å². The smallest absolute Gasteiger partial charge is 0.251 e. The van der Waals surface area contributed by atoms with Crippen LogP contribution in [0.2, 0.25) is 0 Å². The lowest BCUT2D eigenvalue weighted by Crippen LogP contribution is -2.35. The van der Waals surface area contributed by atoms with Crippen LogP contribution in [0.3, 0.4) is 0 Å². The number of aryl methyl sites for hydroxylation is 1. The molecule has 0 unspecified atom stereocenters. The Kier molecular flexibility index (Phi) is 4.91. The van der Waals surface area contributed by atoms with Gasteiger partial charge in [-0.3, -0.25) is 4.79 Å². The first-order valence-corrected chi connectivity index (χ1v) is 6.42. The quantitative estimate of drug-likeness (QED) is 0.840. The fourth-order valence-electron chi connectivity index (χ4n) is 1.89. The van der Waals surface area contributed by atoms with E-state index in [1.165, 1.54) is 0 Å². The average molecular weight is 248 g/mol. The zero-order chi connectivity index (χ0) is 13.8. The van der Waals surface area contributed by atoms with E-state index in [1.54, 1.807) is 0 Å². The molecule has 18 heavy (non-hydrogen) atoms. The molecular formula is C15H24N2O. The summed E-state index contributed by atoms with van der Waals surface area (Å²) in [7, 11) is 0. The first-order valence-electron chi connectivity index (χ1n) is 6.42. The molecule has 1 aromatic rings. The van der Waals surface area contributed by atoms with Crippen LogP contribution in [0.25, 0.3) is 0 Å². The molecule has 0 aliphatic rings. The van der Waals surface area contributed by atoms with E-state index >= 15 is 0 Å². The molecule has 0 aliphatic heterocycles. The van der Waals surface area contributed by atoms with Gasteiger partial charge in [0.2, 0.25) is 0 Å². The third-order valence-electron chi connectivity index (χ3n) is 3.40. The molecule has 0 fully saturated rings. The molecule has 0 bridgehead atoms. The standard InChI is InChI=1S/C15H24N2O/c1-11-6-5-7-13(12(11)2)14(18)17-10-15(3,4)8-9-16/h5-7H,8-10,16H2,1-4H3,(H,17,18). The number of carbonyl (C=O) groups is 1. The maximum atomic E-state index is 12.1. The van der Waals surface area contributed by atoms with Crippen LogP contribution in [-0.2, 0) is 0 Å². The summed E-state index contributed by atoms with van der Waals surface area (Å²) in [6.07, 6.45) is 0.903. The van der Waals surface area contributed by atoms with Crippen molar-refractivity contribution in [1.82, 2.24) is 5.32 Å². The van der Waals surface area contributed by atoms with Crippen LogP contribution in [-0.4, -0.2) is 19.0 Å². The molecule has 0 spiro atoms. The first-order chi connectivity index (χ1) is 8.37. The van der Waals surface area contributed by atoms with Crippen molar-refractivity contribution >= 4 is 5.91 Å². The van der Waals surface area contributed by atoms with Gasteiger partial charge in [0.25, 0.3) is 5.91 Å². The van der Waals surface area contributed by atoms with Crippen LogP contribution in [0.5, 0.6) is 0 Å². The van der Waals surface area contributed by atoms with Gasteiger partial charge in [-0.2, -0.15) is 0 Å². The summed E-state index contributed by atoms with van der Waals surface area (Å²) in [5.41, 5.74) is 8.56. The van der Waals surface area contributed by atoms with E-state index in [0.29, 0.717) is 13.1 Å². The summed E-state index contributed by atoms with van der Waals surface area (Å²) in [5.74, 6) is 0.00120. The van der Waals surface area contributed by atoms with Crippen molar-refractivity contribution < 1.29 is 4.79 Å². The van der Waals surface area contributed by atoms with Crippen LogP contribution in [0.15, 0.2) is 18.2 Å². The van der Waals surface area contributed by atoms with Crippen LogP contribution >= 0.6 is 0 Å². The minimum atomic E-state index is 0.00120. The second-order valence-corrected chi connectivity index (χ2v) is 5.63. The summed E-state index contributed by atoms with van der Waals surface area (Å²) in [6, 6.07) is 5.81. The molecule has 3 heteroatoms. The van der Waals surface area contributed by atoms with Gasteiger partial charge in [0.05, 0.1) is 0 Å². The fraction of sp³-hybridized carbons (Fsp3) is 0.533. The van der Waals surface area contributed by atoms with Crippen molar-refractivity contribution in [1.29, 1.82) is 0 Å². The van der Waals surface area contributed by atoms with Gasteiger partial charge in [0, 0.05) is 12.1 Å². The summed E-state index contributed by atoms with van der Waals surface area (Å²) in [5, 5.41) is 3.00. The second-order valence-electron chi connectivity index (χ2n) is 5.63. The lowest BCUT2D eigenvalue weighted by atomic mass is 9.89. The minimum Gasteiger partial charge on any atom is -0.351 e. The highest BCUT2D eigenvalue weighted by Crippen LogP contribution is 2.18. The molecule has 3 nitrogen and oxygen atoms in total. The van der Waals surface area contributed by atoms with Gasteiger partial charge in [0.1, 0.15) is 0 Å². The third-order valence-corrected chi connectivity index (χ3v) is 3.40. The number of rotatable bonds is 5. The molecule has 0 aromatic heterocycles. The number of hydrogen-bond acceptors (Lipinski definition) is 2. The molecule has 0 atom stereocenters. The average Bonchev–Trinajstić information content (AvgIpc) is 2.30. The maximum Gasteiger partial charge on any atom is 0.251 e. The predicted molar refractivity (Wildman–Crippen MR) is 75.7 cm³/mol. The molecule has 0 heterocycles.